The van der Waals surface area contributed by atoms with Crippen molar-refractivity contribution in [2.75, 3.05) is 18.4 Å². The van der Waals surface area contributed by atoms with E-state index in [0.29, 0.717) is 31.5 Å². The number of carbonyl (C=O) groups is 2. The lowest BCUT2D eigenvalue weighted by Crippen LogP contribution is -2.48. The van der Waals surface area contributed by atoms with Crippen molar-refractivity contribution in [1.29, 1.82) is 0 Å². The molecule has 1 fully saturated rings. The SMILES string of the molecule is CC(C)CCN(CC(=O)N(Cc1cccn1Cc1ccccc1Cl)C1CCCCC1)C(=O)Nc1ccc(C(C)C)cc1. The van der Waals surface area contributed by atoms with Gasteiger partial charge in [-0.15, -0.1) is 0 Å². The molecule has 1 heterocycles. The van der Waals surface area contributed by atoms with Gasteiger partial charge in [-0.05, 0) is 72.6 Å². The van der Waals surface area contributed by atoms with Crippen LogP contribution < -0.4 is 5.32 Å². The highest BCUT2D eigenvalue weighted by Gasteiger charge is 2.29. The van der Waals surface area contributed by atoms with Gasteiger partial charge in [-0.3, -0.25) is 4.79 Å². The molecular formula is C35H47ClN4O2. The number of aromatic nitrogens is 1. The first-order chi connectivity index (χ1) is 20.2. The highest BCUT2D eigenvalue weighted by atomic mass is 35.5. The van der Waals surface area contributed by atoms with Gasteiger partial charge in [0.05, 0.1) is 6.54 Å². The van der Waals surface area contributed by atoms with E-state index in [1.807, 2.05) is 59.5 Å². The molecule has 1 N–H and O–H groups in total. The molecule has 0 saturated heterocycles. The van der Waals surface area contributed by atoms with Crippen molar-refractivity contribution in [3.8, 4) is 0 Å². The third kappa shape index (κ3) is 8.87. The molecule has 1 aliphatic rings. The maximum absolute atomic E-state index is 14.1. The van der Waals surface area contributed by atoms with Crippen LogP contribution in [0.3, 0.4) is 0 Å². The van der Waals surface area contributed by atoms with Crippen molar-refractivity contribution < 1.29 is 9.59 Å². The molecule has 0 bridgehead atoms. The van der Waals surface area contributed by atoms with E-state index in [1.165, 1.54) is 12.0 Å². The normalized spacial score (nSPS) is 13.9. The summed E-state index contributed by atoms with van der Waals surface area (Å²) in [6.45, 7) is 10.3. The Balaban J connectivity index is 1.52. The Bertz CT molecular complexity index is 1290. The Kier molecular flexibility index (Phi) is 11.5. The Labute approximate surface area is 257 Å². The summed E-state index contributed by atoms with van der Waals surface area (Å²) in [5, 5.41) is 3.78. The number of rotatable bonds is 12. The number of nitrogens with one attached hydrogen (secondary N) is 1. The number of anilines is 1. The molecule has 0 aliphatic heterocycles. The maximum Gasteiger partial charge on any atom is 0.322 e. The molecule has 7 heteroatoms. The van der Waals surface area contributed by atoms with Crippen LogP contribution in [0, 0.1) is 5.92 Å². The number of benzene rings is 2. The quantitative estimate of drug-likeness (QED) is 0.230. The van der Waals surface area contributed by atoms with Crippen LogP contribution in [0.25, 0.3) is 0 Å². The molecule has 6 nitrogen and oxygen atoms in total. The van der Waals surface area contributed by atoms with E-state index < -0.39 is 0 Å². The van der Waals surface area contributed by atoms with Crippen LogP contribution >= 0.6 is 11.6 Å². The maximum atomic E-state index is 14.1. The summed E-state index contributed by atoms with van der Waals surface area (Å²) in [7, 11) is 0. The molecule has 0 spiro atoms. The van der Waals surface area contributed by atoms with E-state index in [9.17, 15) is 9.59 Å². The fourth-order valence-electron chi connectivity index (χ4n) is 5.62. The van der Waals surface area contributed by atoms with Crippen LogP contribution in [0.15, 0.2) is 66.9 Å². The molecule has 42 heavy (non-hydrogen) atoms. The Morgan fingerprint density at radius 3 is 2.33 bits per heavy atom. The fourth-order valence-corrected chi connectivity index (χ4v) is 5.82. The van der Waals surface area contributed by atoms with E-state index in [1.54, 1.807) is 4.90 Å². The Morgan fingerprint density at radius 2 is 1.67 bits per heavy atom. The van der Waals surface area contributed by atoms with E-state index >= 15 is 0 Å². The van der Waals surface area contributed by atoms with Crippen LogP contribution in [0.1, 0.15) is 89.0 Å². The van der Waals surface area contributed by atoms with Gasteiger partial charge in [0, 0.05) is 41.7 Å². The number of nitrogens with zero attached hydrogens (tertiary/aromatic N) is 3. The topological polar surface area (TPSA) is 57.6 Å². The van der Waals surface area contributed by atoms with Gasteiger partial charge in [0.1, 0.15) is 6.54 Å². The molecule has 0 atom stereocenters. The molecule has 0 radical (unpaired) electrons. The van der Waals surface area contributed by atoms with Gasteiger partial charge in [0.15, 0.2) is 0 Å². The van der Waals surface area contributed by atoms with Crippen LogP contribution in [0.2, 0.25) is 5.02 Å². The second-order valence-electron chi connectivity index (χ2n) is 12.3. The van der Waals surface area contributed by atoms with Crippen LogP contribution in [-0.4, -0.2) is 45.4 Å². The summed E-state index contributed by atoms with van der Waals surface area (Å²) >= 11 is 6.47. The molecule has 4 rings (SSSR count). The van der Waals surface area contributed by atoms with E-state index in [0.717, 1.165) is 54.1 Å². The molecule has 1 saturated carbocycles. The first kappa shape index (κ1) is 31.7. The molecule has 3 aromatic rings. The number of urea groups is 1. The molecule has 1 aliphatic carbocycles. The summed E-state index contributed by atoms with van der Waals surface area (Å²) < 4.78 is 2.17. The van der Waals surface area contributed by atoms with Crippen molar-refractivity contribution in [1.82, 2.24) is 14.4 Å². The van der Waals surface area contributed by atoms with Crippen molar-refractivity contribution in [2.24, 2.45) is 5.92 Å². The number of hydrogen-bond donors (Lipinski definition) is 1. The number of carbonyl (C=O) groups excluding carboxylic acids is 2. The van der Waals surface area contributed by atoms with Gasteiger partial charge >= 0.3 is 6.03 Å². The van der Waals surface area contributed by atoms with Gasteiger partial charge in [0.25, 0.3) is 0 Å². The van der Waals surface area contributed by atoms with Crippen molar-refractivity contribution in [2.45, 2.75) is 91.3 Å². The Hall–Kier alpha value is -3.25. The third-order valence-corrected chi connectivity index (χ3v) is 8.68. The second-order valence-corrected chi connectivity index (χ2v) is 12.8. The lowest BCUT2D eigenvalue weighted by Gasteiger charge is -2.36. The van der Waals surface area contributed by atoms with Gasteiger partial charge < -0.3 is 19.7 Å². The zero-order valence-electron chi connectivity index (χ0n) is 25.7. The lowest BCUT2D eigenvalue weighted by molar-refractivity contribution is -0.135. The summed E-state index contributed by atoms with van der Waals surface area (Å²) in [4.78, 5) is 31.3. The molecule has 2 aromatic carbocycles. The minimum atomic E-state index is -0.230. The zero-order chi connectivity index (χ0) is 30.1. The zero-order valence-corrected chi connectivity index (χ0v) is 26.4. The van der Waals surface area contributed by atoms with Crippen LogP contribution in [-0.2, 0) is 17.9 Å². The minimum absolute atomic E-state index is 0.00135. The fraction of sp³-hybridized carbons (Fsp3) is 0.486. The Morgan fingerprint density at radius 1 is 0.952 bits per heavy atom. The molecule has 226 valence electrons. The highest BCUT2D eigenvalue weighted by molar-refractivity contribution is 6.31. The molecule has 1 aromatic heterocycles. The largest absolute Gasteiger partial charge is 0.345 e. The molecule has 0 unspecified atom stereocenters. The number of hydrogen-bond acceptors (Lipinski definition) is 2. The van der Waals surface area contributed by atoms with Gasteiger partial charge in [0.2, 0.25) is 5.91 Å². The van der Waals surface area contributed by atoms with Gasteiger partial charge in [-0.1, -0.05) is 88.9 Å². The van der Waals surface area contributed by atoms with Crippen molar-refractivity contribution in [3.63, 3.8) is 0 Å². The van der Waals surface area contributed by atoms with Gasteiger partial charge in [-0.2, -0.15) is 0 Å². The number of halogens is 1. The standard InChI is InChI=1S/C35H47ClN4O2/c1-26(2)20-22-39(35(42)37-30-18-16-28(17-19-30)27(3)4)25-34(41)40(31-12-6-5-7-13-31)24-32-14-10-21-38(32)23-29-11-8-9-15-33(29)36/h8-11,14-19,21,26-27,31H,5-7,12-13,20,22-25H2,1-4H3,(H,37,42). The smallest absolute Gasteiger partial charge is 0.322 e. The summed E-state index contributed by atoms with van der Waals surface area (Å²) in [6, 6.07) is 19.9. The molecule has 3 amide bonds. The van der Waals surface area contributed by atoms with Gasteiger partial charge in [-0.25, -0.2) is 4.79 Å². The van der Waals surface area contributed by atoms with E-state index in [-0.39, 0.29) is 24.5 Å². The van der Waals surface area contributed by atoms with Crippen molar-refractivity contribution >= 4 is 29.2 Å². The average molecular weight is 591 g/mol. The van der Waals surface area contributed by atoms with Crippen LogP contribution in [0.5, 0.6) is 0 Å². The predicted octanol–water partition coefficient (Wildman–Crippen LogP) is 8.55. The third-order valence-electron chi connectivity index (χ3n) is 8.31. The van der Waals surface area contributed by atoms with E-state index in [4.69, 9.17) is 11.6 Å². The van der Waals surface area contributed by atoms with Crippen molar-refractivity contribution in [3.05, 3.63) is 88.7 Å². The van der Waals surface area contributed by atoms with Crippen LogP contribution in [0.4, 0.5) is 10.5 Å². The second kappa shape index (κ2) is 15.3. The van der Waals surface area contributed by atoms with E-state index in [2.05, 4.69) is 49.8 Å². The summed E-state index contributed by atoms with van der Waals surface area (Å²) in [5.74, 6) is 0.844. The minimum Gasteiger partial charge on any atom is -0.345 e. The monoisotopic (exact) mass is 590 g/mol. The first-order valence-electron chi connectivity index (χ1n) is 15.5. The summed E-state index contributed by atoms with van der Waals surface area (Å²) in [6.07, 6.45) is 8.33. The predicted molar refractivity (Wildman–Crippen MR) is 173 cm³/mol. The molecular weight excluding hydrogens is 544 g/mol. The number of amides is 3. The average Bonchev–Trinajstić information content (AvgIpc) is 3.42. The summed E-state index contributed by atoms with van der Waals surface area (Å²) in [5.41, 5.74) is 4.08. The lowest BCUT2D eigenvalue weighted by atomic mass is 9.94. The first-order valence-corrected chi connectivity index (χ1v) is 15.9. The highest BCUT2D eigenvalue weighted by Crippen LogP contribution is 2.26.